The molecule has 2 aromatic rings. The van der Waals surface area contributed by atoms with E-state index in [1.807, 2.05) is 12.4 Å². The summed E-state index contributed by atoms with van der Waals surface area (Å²) in [6.45, 7) is 3.77. The van der Waals surface area contributed by atoms with Gasteiger partial charge in [-0.25, -0.2) is 4.98 Å². The fourth-order valence-corrected chi connectivity index (χ4v) is 3.03. The Morgan fingerprint density at radius 2 is 2.14 bits per heavy atom. The van der Waals surface area contributed by atoms with Gasteiger partial charge in [-0.3, -0.25) is 4.90 Å². The number of morpholine rings is 1. The van der Waals surface area contributed by atoms with Gasteiger partial charge in [0.2, 0.25) is 0 Å². The molecule has 3 rings (SSSR count). The molecule has 1 atom stereocenters. The molecule has 1 aromatic carbocycles. The standard InChI is InChI=1S/C18H25N3O/c1-20-11-10-19-18(20)15-21-12-13-22-17(14-21)9-5-8-16-6-3-2-4-7-16/h2-4,6-7,10-11,17H,5,8-9,12-15H2,1H3. The molecule has 1 fully saturated rings. The lowest BCUT2D eigenvalue weighted by atomic mass is 10.1. The molecule has 0 radical (unpaired) electrons. The average molecular weight is 299 g/mol. The van der Waals surface area contributed by atoms with Crippen molar-refractivity contribution in [1.82, 2.24) is 14.5 Å². The molecule has 1 aliphatic heterocycles. The molecule has 1 unspecified atom stereocenters. The Balaban J connectivity index is 1.43. The molecule has 1 aliphatic rings. The second-order valence-electron chi connectivity index (χ2n) is 6.06. The first-order valence-corrected chi connectivity index (χ1v) is 8.15. The van der Waals surface area contributed by atoms with E-state index >= 15 is 0 Å². The summed E-state index contributed by atoms with van der Waals surface area (Å²) < 4.78 is 8.02. The highest BCUT2D eigenvalue weighted by Gasteiger charge is 2.21. The van der Waals surface area contributed by atoms with Gasteiger partial charge in [0.1, 0.15) is 5.82 Å². The first kappa shape index (κ1) is 15.3. The molecule has 22 heavy (non-hydrogen) atoms. The summed E-state index contributed by atoms with van der Waals surface area (Å²) in [5.41, 5.74) is 1.42. The number of nitrogens with zero attached hydrogens (tertiary/aromatic N) is 3. The second-order valence-corrected chi connectivity index (χ2v) is 6.06. The maximum absolute atomic E-state index is 5.93. The number of aromatic nitrogens is 2. The molecule has 1 aromatic heterocycles. The highest BCUT2D eigenvalue weighted by Crippen LogP contribution is 2.15. The van der Waals surface area contributed by atoms with Gasteiger partial charge in [-0.05, 0) is 24.8 Å². The second kappa shape index (κ2) is 7.56. The van der Waals surface area contributed by atoms with Crippen molar-refractivity contribution in [3.63, 3.8) is 0 Å². The first-order valence-electron chi connectivity index (χ1n) is 8.15. The molecule has 118 valence electrons. The summed E-state index contributed by atoms with van der Waals surface area (Å²) in [6, 6.07) is 10.7. The summed E-state index contributed by atoms with van der Waals surface area (Å²) in [5, 5.41) is 0. The third-order valence-corrected chi connectivity index (χ3v) is 4.34. The van der Waals surface area contributed by atoms with E-state index in [2.05, 4.69) is 51.8 Å². The van der Waals surface area contributed by atoms with Gasteiger partial charge in [0.05, 0.1) is 19.3 Å². The average Bonchev–Trinajstić information content (AvgIpc) is 2.94. The van der Waals surface area contributed by atoms with Crippen LogP contribution in [-0.4, -0.2) is 40.3 Å². The van der Waals surface area contributed by atoms with Gasteiger partial charge < -0.3 is 9.30 Å². The third kappa shape index (κ3) is 4.18. The van der Waals surface area contributed by atoms with Crippen LogP contribution in [0, 0.1) is 0 Å². The molecular weight excluding hydrogens is 274 g/mol. The maximum Gasteiger partial charge on any atom is 0.122 e. The number of ether oxygens (including phenoxy) is 1. The van der Waals surface area contributed by atoms with Gasteiger partial charge >= 0.3 is 0 Å². The minimum Gasteiger partial charge on any atom is -0.376 e. The van der Waals surface area contributed by atoms with E-state index in [0.717, 1.165) is 44.9 Å². The number of hydrogen-bond acceptors (Lipinski definition) is 3. The number of hydrogen-bond donors (Lipinski definition) is 0. The van der Waals surface area contributed by atoms with Crippen LogP contribution >= 0.6 is 0 Å². The summed E-state index contributed by atoms with van der Waals surface area (Å²) in [4.78, 5) is 6.87. The van der Waals surface area contributed by atoms with Crippen LogP contribution in [0.3, 0.4) is 0 Å². The van der Waals surface area contributed by atoms with Gasteiger partial charge in [0.25, 0.3) is 0 Å². The van der Waals surface area contributed by atoms with Gasteiger partial charge in [0, 0.05) is 32.5 Å². The van der Waals surface area contributed by atoms with Crippen molar-refractivity contribution in [1.29, 1.82) is 0 Å². The predicted molar refractivity (Wildman–Crippen MR) is 87.6 cm³/mol. The number of imidazole rings is 1. The number of benzene rings is 1. The monoisotopic (exact) mass is 299 g/mol. The minimum absolute atomic E-state index is 0.359. The van der Waals surface area contributed by atoms with Crippen LogP contribution in [0.5, 0.6) is 0 Å². The van der Waals surface area contributed by atoms with Crippen molar-refractivity contribution >= 4 is 0 Å². The Bertz CT molecular complexity index is 567. The normalized spacial score (nSPS) is 19.4. The molecule has 0 saturated carbocycles. The van der Waals surface area contributed by atoms with E-state index in [0.29, 0.717) is 6.10 Å². The van der Waals surface area contributed by atoms with E-state index in [4.69, 9.17) is 4.74 Å². The quantitative estimate of drug-likeness (QED) is 0.821. The van der Waals surface area contributed by atoms with Crippen LogP contribution in [0.4, 0.5) is 0 Å². The van der Waals surface area contributed by atoms with E-state index < -0.39 is 0 Å². The van der Waals surface area contributed by atoms with E-state index in [1.165, 1.54) is 12.0 Å². The van der Waals surface area contributed by atoms with E-state index in [9.17, 15) is 0 Å². The summed E-state index contributed by atoms with van der Waals surface area (Å²) >= 11 is 0. The molecule has 2 heterocycles. The Labute approximate surface area is 132 Å². The van der Waals surface area contributed by atoms with Crippen molar-refractivity contribution in [2.75, 3.05) is 19.7 Å². The topological polar surface area (TPSA) is 30.3 Å². The Hall–Kier alpha value is -1.65. The largest absolute Gasteiger partial charge is 0.376 e. The van der Waals surface area contributed by atoms with Crippen LogP contribution in [0.1, 0.15) is 24.2 Å². The van der Waals surface area contributed by atoms with E-state index in [-0.39, 0.29) is 0 Å². The molecule has 0 bridgehead atoms. The molecule has 1 saturated heterocycles. The lowest BCUT2D eigenvalue weighted by Gasteiger charge is -2.32. The lowest BCUT2D eigenvalue weighted by molar-refractivity contribution is -0.0364. The molecule has 0 amide bonds. The number of rotatable bonds is 6. The summed E-state index contributed by atoms with van der Waals surface area (Å²) in [5.74, 6) is 1.13. The van der Waals surface area contributed by atoms with Crippen molar-refractivity contribution < 1.29 is 4.74 Å². The molecular formula is C18H25N3O. The summed E-state index contributed by atoms with van der Waals surface area (Å²) in [7, 11) is 2.06. The smallest absolute Gasteiger partial charge is 0.122 e. The van der Waals surface area contributed by atoms with Crippen molar-refractivity contribution in [3.05, 3.63) is 54.1 Å². The highest BCUT2D eigenvalue weighted by atomic mass is 16.5. The fourth-order valence-electron chi connectivity index (χ4n) is 3.03. The fraction of sp³-hybridized carbons (Fsp3) is 0.500. The molecule has 0 N–H and O–H groups in total. The van der Waals surface area contributed by atoms with Gasteiger partial charge in [-0.15, -0.1) is 0 Å². The lowest BCUT2D eigenvalue weighted by Crippen LogP contribution is -2.42. The molecule has 0 aliphatic carbocycles. The van der Waals surface area contributed by atoms with Crippen molar-refractivity contribution in [2.45, 2.75) is 31.9 Å². The SMILES string of the molecule is Cn1ccnc1CN1CCOC(CCCc2ccccc2)C1. The van der Waals surface area contributed by atoms with Gasteiger partial charge in [-0.1, -0.05) is 30.3 Å². The zero-order chi connectivity index (χ0) is 15.2. The zero-order valence-corrected chi connectivity index (χ0v) is 13.3. The first-order chi connectivity index (χ1) is 10.8. The predicted octanol–water partition coefficient (Wildman–Crippen LogP) is 2.64. The minimum atomic E-state index is 0.359. The molecule has 4 nitrogen and oxygen atoms in total. The third-order valence-electron chi connectivity index (χ3n) is 4.34. The highest BCUT2D eigenvalue weighted by molar-refractivity contribution is 5.14. The summed E-state index contributed by atoms with van der Waals surface area (Å²) in [6.07, 6.45) is 7.69. The molecule has 4 heteroatoms. The van der Waals surface area contributed by atoms with Crippen LogP contribution in [0.2, 0.25) is 0 Å². The Morgan fingerprint density at radius 1 is 1.27 bits per heavy atom. The van der Waals surface area contributed by atoms with Gasteiger partial charge in [0.15, 0.2) is 0 Å². The Morgan fingerprint density at radius 3 is 2.91 bits per heavy atom. The van der Waals surface area contributed by atoms with Crippen LogP contribution in [0.25, 0.3) is 0 Å². The Kier molecular flexibility index (Phi) is 5.24. The van der Waals surface area contributed by atoms with Crippen molar-refractivity contribution in [2.24, 2.45) is 7.05 Å². The van der Waals surface area contributed by atoms with Crippen LogP contribution < -0.4 is 0 Å². The van der Waals surface area contributed by atoms with E-state index in [1.54, 1.807) is 0 Å². The van der Waals surface area contributed by atoms with Crippen LogP contribution in [0.15, 0.2) is 42.7 Å². The van der Waals surface area contributed by atoms with Gasteiger partial charge in [-0.2, -0.15) is 0 Å². The number of aryl methyl sites for hydroxylation is 2. The maximum atomic E-state index is 5.93. The van der Waals surface area contributed by atoms with Crippen molar-refractivity contribution in [3.8, 4) is 0 Å². The molecule has 0 spiro atoms. The van der Waals surface area contributed by atoms with Crippen LogP contribution in [-0.2, 0) is 24.8 Å². The zero-order valence-electron chi connectivity index (χ0n) is 13.3.